The largest absolute Gasteiger partial charge is 0.353 e. The van der Waals surface area contributed by atoms with Crippen LogP contribution in [0, 0.1) is 0 Å². The molecule has 2 aromatic heterocycles. The summed E-state index contributed by atoms with van der Waals surface area (Å²) in [6, 6.07) is 7.49. The van der Waals surface area contributed by atoms with E-state index in [9.17, 15) is 4.79 Å². The Hall–Kier alpha value is -1.62. The monoisotopic (exact) mass is 293 g/mol. The Morgan fingerprint density at radius 2 is 2.12 bits per heavy atom. The normalized spacial score (nSPS) is 10.2. The highest BCUT2D eigenvalue weighted by atomic mass is 79.9. The molecule has 1 N–H and O–H groups in total. The third kappa shape index (κ3) is 3.17. The van der Waals surface area contributed by atoms with Gasteiger partial charge in [-0.2, -0.15) is 0 Å². The van der Waals surface area contributed by atoms with Gasteiger partial charge in [0.1, 0.15) is 5.69 Å². The third-order valence-corrected chi connectivity index (χ3v) is 2.94. The van der Waals surface area contributed by atoms with Crippen molar-refractivity contribution in [2.45, 2.75) is 6.54 Å². The molecule has 88 valence electrons. The highest BCUT2D eigenvalue weighted by Crippen LogP contribution is 2.12. The quantitative estimate of drug-likeness (QED) is 0.938. The van der Waals surface area contributed by atoms with Gasteiger partial charge in [-0.1, -0.05) is 0 Å². The van der Waals surface area contributed by atoms with Crippen LogP contribution in [0.15, 0.2) is 47.3 Å². The topological polar surface area (TPSA) is 46.9 Å². The van der Waals surface area contributed by atoms with Crippen LogP contribution in [0.4, 0.5) is 0 Å². The van der Waals surface area contributed by atoms with E-state index < -0.39 is 0 Å². The zero-order valence-electron chi connectivity index (χ0n) is 9.14. The molecule has 0 bridgehead atoms. The highest BCUT2D eigenvalue weighted by molar-refractivity contribution is 9.10. The molecule has 0 radical (unpaired) electrons. The van der Waals surface area contributed by atoms with Crippen LogP contribution in [0.5, 0.6) is 0 Å². The van der Waals surface area contributed by atoms with Gasteiger partial charge in [-0.05, 0) is 40.2 Å². The Morgan fingerprint density at radius 1 is 1.35 bits per heavy atom. The van der Waals surface area contributed by atoms with Crippen LogP contribution in [-0.4, -0.2) is 22.0 Å². The first-order chi connectivity index (χ1) is 8.27. The number of carbonyl (C=O) groups excluding carboxylic acids is 1. The van der Waals surface area contributed by atoms with Crippen LogP contribution in [0.1, 0.15) is 10.5 Å². The number of nitrogens with one attached hydrogen (secondary N) is 1. The lowest BCUT2D eigenvalue weighted by Crippen LogP contribution is -2.28. The summed E-state index contributed by atoms with van der Waals surface area (Å²) in [5, 5.41) is 2.83. The smallest absolute Gasteiger partial charge is 0.271 e. The maximum atomic E-state index is 11.8. The molecular weight excluding hydrogens is 282 g/mol. The first kappa shape index (κ1) is 11.9. The van der Waals surface area contributed by atoms with Gasteiger partial charge >= 0.3 is 0 Å². The average molecular weight is 294 g/mol. The summed E-state index contributed by atoms with van der Waals surface area (Å²) >= 11 is 3.30. The van der Waals surface area contributed by atoms with E-state index in [-0.39, 0.29) is 5.91 Å². The minimum atomic E-state index is -0.162. The molecule has 5 heteroatoms. The zero-order chi connectivity index (χ0) is 12.1. The van der Waals surface area contributed by atoms with Crippen LogP contribution >= 0.6 is 15.9 Å². The van der Waals surface area contributed by atoms with Crippen molar-refractivity contribution in [1.29, 1.82) is 0 Å². The molecule has 0 atom stereocenters. The maximum Gasteiger partial charge on any atom is 0.271 e. The van der Waals surface area contributed by atoms with Gasteiger partial charge < -0.3 is 9.88 Å². The molecule has 0 aliphatic heterocycles. The van der Waals surface area contributed by atoms with Gasteiger partial charge in [0.2, 0.25) is 0 Å². The van der Waals surface area contributed by atoms with Gasteiger partial charge in [-0.25, -0.2) is 4.98 Å². The Labute approximate surface area is 108 Å². The summed E-state index contributed by atoms with van der Waals surface area (Å²) in [7, 11) is 0. The number of amides is 1. The van der Waals surface area contributed by atoms with Crippen LogP contribution in [0.25, 0.3) is 0 Å². The molecule has 0 aliphatic rings. The molecule has 0 unspecified atom stereocenters. The van der Waals surface area contributed by atoms with E-state index in [4.69, 9.17) is 0 Å². The summed E-state index contributed by atoms with van der Waals surface area (Å²) in [4.78, 5) is 15.8. The summed E-state index contributed by atoms with van der Waals surface area (Å²) < 4.78 is 2.71. The number of carbonyl (C=O) groups is 1. The van der Waals surface area contributed by atoms with Gasteiger partial charge in [-0.15, -0.1) is 0 Å². The van der Waals surface area contributed by atoms with E-state index >= 15 is 0 Å². The second-order valence-electron chi connectivity index (χ2n) is 3.51. The van der Waals surface area contributed by atoms with Gasteiger partial charge in [0, 0.05) is 36.2 Å². The number of hydrogen-bond acceptors (Lipinski definition) is 2. The minimum Gasteiger partial charge on any atom is -0.353 e. The van der Waals surface area contributed by atoms with E-state index in [1.165, 1.54) is 0 Å². The third-order valence-electron chi connectivity index (χ3n) is 2.30. The van der Waals surface area contributed by atoms with Crippen molar-refractivity contribution < 1.29 is 4.79 Å². The number of aromatic nitrogens is 2. The Balaban J connectivity index is 1.88. The molecule has 0 fully saturated rings. The molecule has 2 rings (SSSR count). The molecule has 0 saturated carbocycles. The fourth-order valence-electron chi connectivity index (χ4n) is 1.45. The zero-order valence-corrected chi connectivity index (χ0v) is 10.7. The highest BCUT2D eigenvalue weighted by Gasteiger charge is 2.09. The first-order valence-electron chi connectivity index (χ1n) is 5.27. The summed E-state index contributed by atoms with van der Waals surface area (Å²) in [6.07, 6.45) is 5.53. The van der Waals surface area contributed by atoms with Crippen molar-refractivity contribution in [3.63, 3.8) is 0 Å². The van der Waals surface area contributed by atoms with Crippen molar-refractivity contribution in [2.24, 2.45) is 0 Å². The average Bonchev–Trinajstić information content (AvgIpc) is 2.82. The fourth-order valence-corrected chi connectivity index (χ4v) is 1.89. The lowest BCUT2D eigenvalue weighted by molar-refractivity contribution is 0.0946. The number of pyridine rings is 1. The van der Waals surface area contributed by atoms with Crippen LogP contribution < -0.4 is 5.32 Å². The van der Waals surface area contributed by atoms with Crippen molar-refractivity contribution in [3.05, 3.63) is 53.0 Å². The molecule has 4 nitrogen and oxygen atoms in total. The van der Waals surface area contributed by atoms with Crippen LogP contribution in [-0.2, 0) is 6.54 Å². The van der Waals surface area contributed by atoms with E-state index in [1.807, 2.05) is 29.1 Å². The molecule has 2 aromatic rings. The van der Waals surface area contributed by atoms with Crippen molar-refractivity contribution >= 4 is 21.8 Å². The molecule has 1 amide bonds. The van der Waals surface area contributed by atoms with Gasteiger partial charge in [-0.3, -0.25) is 4.79 Å². The number of hydrogen-bond donors (Lipinski definition) is 1. The second-order valence-corrected chi connectivity index (χ2v) is 4.36. The molecule has 0 aromatic carbocycles. The number of rotatable bonds is 4. The van der Waals surface area contributed by atoms with Crippen molar-refractivity contribution in [1.82, 2.24) is 14.9 Å². The van der Waals surface area contributed by atoms with Crippen LogP contribution in [0.2, 0.25) is 0 Å². The summed E-state index contributed by atoms with van der Waals surface area (Å²) in [5.74, 6) is -0.162. The van der Waals surface area contributed by atoms with Crippen molar-refractivity contribution in [2.75, 3.05) is 6.54 Å². The summed E-state index contributed by atoms with van der Waals surface area (Å²) in [6.45, 7) is 1.33. The first-order valence-corrected chi connectivity index (χ1v) is 6.06. The maximum absolute atomic E-state index is 11.8. The van der Waals surface area contributed by atoms with E-state index in [2.05, 4.69) is 26.2 Å². The molecule has 2 heterocycles. The fraction of sp³-hybridized carbons (Fsp3) is 0.167. The lowest BCUT2D eigenvalue weighted by atomic mass is 10.3. The number of halogens is 1. The predicted molar refractivity (Wildman–Crippen MR) is 68.7 cm³/mol. The van der Waals surface area contributed by atoms with E-state index in [0.29, 0.717) is 16.7 Å². The Morgan fingerprint density at radius 3 is 2.82 bits per heavy atom. The predicted octanol–water partition coefficient (Wildman–Crippen LogP) is 2.08. The molecule has 0 saturated heterocycles. The minimum absolute atomic E-state index is 0.162. The van der Waals surface area contributed by atoms with Crippen LogP contribution in [0.3, 0.4) is 0 Å². The number of nitrogens with zero attached hydrogens (tertiary/aromatic N) is 2. The molecule has 17 heavy (non-hydrogen) atoms. The van der Waals surface area contributed by atoms with E-state index in [1.54, 1.807) is 18.3 Å². The standard InChI is InChI=1S/C12H12BrN3O/c13-10-4-3-5-14-11(10)12(17)15-6-9-16-7-1-2-8-16/h1-5,7-8H,6,9H2,(H,15,17). The lowest BCUT2D eigenvalue weighted by Gasteiger charge is -2.06. The van der Waals surface area contributed by atoms with Gasteiger partial charge in [0.25, 0.3) is 5.91 Å². The SMILES string of the molecule is O=C(NCCn1cccc1)c1ncccc1Br. The molecular formula is C12H12BrN3O. The summed E-state index contributed by atoms with van der Waals surface area (Å²) in [5.41, 5.74) is 0.417. The van der Waals surface area contributed by atoms with Gasteiger partial charge in [0.15, 0.2) is 0 Å². The Kier molecular flexibility index (Phi) is 3.93. The molecule has 0 aliphatic carbocycles. The van der Waals surface area contributed by atoms with Gasteiger partial charge in [0.05, 0.1) is 0 Å². The van der Waals surface area contributed by atoms with Crippen molar-refractivity contribution in [3.8, 4) is 0 Å². The second kappa shape index (κ2) is 5.63. The molecule has 0 spiro atoms. The van der Waals surface area contributed by atoms with E-state index in [0.717, 1.165) is 6.54 Å². The Bertz CT molecular complexity index is 496.